The number of thiazole rings is 1. The summed E-state index contributed by atoms with van der Waals surface area (Å²) in [4.78, 5) is 17.5. The number of halogens is 1. The van der Waals surface area contributed by atoms with Gasteiger partial charge >= 0.3 is 0 Å². The maximum atomic E-state index is 12.4. The summed E-state index contributed by atoms with van der Waals surface area (Å²) in [7, 11) is 0. The van der Waals surface area contributed by atoms with Crippen molar-refractivity contribution in [1.82, 2.24) is 10.3 Å². The lowest BCUT2D eigenvalue weighted by molar-refractivity contribution is 0.0941. The minimum absolute atomic E-state index is 0.00959. The van der Waals surface area contributed by atoms with Gasteiger partial charge in [-0.1, -0.05) is 24.4 Å². The molecule has 0 unspecified atom stereocenters. The Hall–Kier alpha value is -1.59. The molecule has 6 heteroatoms. The number of hydrogen-bond donors (Lipinski definition) is 1. The van der Waals surface area contributed by atoms with Gasteiger partial charge in [-0.2, -0.15) is 0 Å². The zero-order valence-electron chi connectivity index (χ0n) is 13.0. The lowest BCUT2D eigenvalue weighted by Gasteiger charge is -2.10. The van der Waals surface area contributed by atoms with Crippen molar-refractivity contribution in [2.75, 3.05) is 0 Å². The number of aryl methyl sites for hydroxylation is 1. The van der Waals surface area contributed by atoms with Crippen molar-refractivity contribution in [3.05, 3.63) is 44.9 Å². The first-order valence-corrected chi connectivity index (χ1v) is 8.97. The number of ether oxygens (including phenoxy) is 1. The van der Waals surface area contributed by atoms with E-state index in [-0.39, 0.29) is 5.91 Å². The van der Waals surface area contributed by atoms with Crippen molar-refractivity contribution < 1.29 is 9.53 Å². The van der Waals surface area contributed by atoms with Crippen molar-refractivity contribution >= 4 is 28.8 Å². The average molecular weight is 351 g/mol. The maximum Gasteiger partial charge on any atom is 0.263 e. The number of carbonyl (C=O) groups is 1. The Labute approximate surface area is 144 Å². The SMILES string of the molecule is Cc1nc(COc2ccc(Cl)cc2)sc1C(=O)NC1CCCC1. The lowest BCUT2D eigenvalue weighted by Crippen LogP contribution is -2.32. The van der Waals surface area contributed by atoms with Crippen LogP contribution in [0.15, 0.2) is 24.3 Å². The van der Waals surface area contributed by atoms with Crippen LogP contribution in [0.1, 0.15) is 46.1 Å². The number of nitrogens with one attached hydrogen (secondary N) is 1. The molecule has 4 nitrogen and oxygen atoms in total. The van der Waals surface area contributed by atoms with E-state index in [4.69, 9.17) is 16.3 Å². The molecular formula is C17H19ClN2O2S. The Kier molecular flexibility index (Phi) is 5.18. The average Bonchev–Trinajstić information content (AvgIpc) is 3.16. The van der Waals surface area contributed by atoms with Gasteiger partial charge < -0.3 is 10.1 Å². The van der Waals surface area contributed by atoms with Crippen LogP contribution in [-0.4, -0.2) is 16.9 Å². The topological polar surface area (TPSA) is 51.2 Å². The second kappa shape index (κ2) is 7.32. The van der Waals surface area contributed by atoms with Gasteiger partial charge in [0, 0.05) is 11.1 Å². The highest BCUT2D eigenvalue weighted by Gasteiger charge is 2.21. The van der Waals surface area contributed by atoms with Crippen LogP contribution in [0, 0.1) is 6.92 Å². The third-order valence-corrected chi connectivity index (χ3v) is 5.30. The van der Waals surface area contributed by atoms with Gasteiger partial charge in [-0.05, 0) is 44.0 Å². The summed E-state index contributed by atoms with van der Waals surface area (Å²) in [5, 5.41) is 4.58. The van der Waals surface area contributed by atoms with Crippen LogP contribution in [-0.2, 0) is 6.61 Å². The predicted molar refractivity (Wildman–Crippen MR) is 92.4 cm³/mol. The summed E-state index contributed by atoms with van der Waals surface area (Å²) in [6, 6.07) is 7.51. The van der Waals surface area contributed by atoms with Crippen LogP contribution in [0.4, 0.5) is 0 Å². The van der Waals surface area contributed by atoms with Gasteiger partial charge in [0.1, 0.15) is 22.2 Å². The molecule has 1 heterocycles. The molecule has 1 saturated carbocycles. The second-order valence-electron chi connectivity index (χ2n) is 5.72. The number of amides is 1. The summed E-state index contributed by atoms with van der Waals surface area (Å²) in [6.45, 7) is 2.22. The molecule has 1 N–H and O–H groups in total. The maximum absolute atomic E-state index is 12.4. The normalized spacial score (nSPS) is 14.9. The van der Waals surface area contributed by atoms with E-state index < -0.39 is 0 Å². The summed E-state index contributed by atoms with van der Waals surface area (Å²) >= 11 is 7.25. The molecule has 0 atom stereocenters. The van der Waals surface area contributed by atoms with Gasteiger partial charge in [-0.25, -0.2) is 4.98 Å². The molecule has 0 bridgehead atoms. The van der Waals surface area contributed by atoms with E-state index in [2.05, 4.69) is 10.3 Å². The Morgan fingerprint density at radius 1 is 1.35 bits per heavy atom. The standard InChI is InChI=1S/C17H19ClN2O2S/c1-11-16(17(21)20-13-4-2-3-5-13)23-15(19-11)10-22-14-8-6-12(18)7-9-14/h6-9,13H,2-5,10H2,1H3,(H,20,21). The van der Waals surface area contributed by atoms with E-state index in [1.165, 1.54) is 24.2 Å². The van der Waals surface area contributed by atoms with Crippen LogP contribution in [0.3, 0.4) is 0 Å². The molecule has 0 radical (unpaired) electrons. The molecule has 1 aromatic carbocycles. The number of aromatic nitrogens is 1. The summed E-state index contributed by atoms with van der Waals surface area (Å²) in [5.41, 5.74) is 0.764. The zero-order chi connectivity index (χ0) is 16.2. The molecule has 1 amide bonds. The molecule has 122 valence electrons. The first kappa shape index (κ1) is 16.3. The Morgan fingerprint density at radius 2 is 2.04 bits per heavy atom. The van der Waals surface area contributed by atoms with Crippen LogP contribution < -0.4 is 10.1 Å². The fourth-order valence-corrected chi connectivity index (χ4v) is 3.73. The molecule has 0 aliphatic heterocycles. The third-order valence-electron chi connectivity index (χ3n) is 3.91. The highest BCUT2D eigenvalue weighted by molar-refractivity contribution is 7.13. The molecule has 1 fully saturated rings. The minimum atomic E-state index is -0.00959. The van der Waals surface area contributed by atoms with Crippen molar-refractivity contribution in [1.29, 1.82) is 0 Å². The molecule has 1 aliphatic carbocycles. The Balaban J connectivity index is 1.60. The van der Waals surface area contributed by atoms with Gasteiger partial charge in [0.05, 0.1) is 5.69 Å². The zero-order valence-corrected chi connectivity index (χ0v) is 14.5. The van der Waals surface area contributed by atoms with Crippen LogP contribution in [0.5, 0.6) is 5.75 Å². The molecular weight excluding hydrogens is 332 g/mol. The lowest BCUT2D eigenvalue weighted by atomic mass is 10.2. The molecule has 0 saturated heterocycles. The highest BCUT2D eigenvalue weighted by Crippen LogP contribution is 2.23. The first-order chi connectivity index (χ1) is 11.1. The molecule has 2 aromatic rings. The summed E-state index contributed by atoms with van der Waals surface area (Å²) < 4.78 is 5.69. The number of nitrogens with zero attached hydrogens (tertiary/aromatic N) is 1. The third kappa shape index (κ3) is 4.24. The van der Waals surface area contributed by atoms with Gasteiger partial charge in [-0.3, -0.25) is 4.79 Å². The Bertz CT molecular complexity index is 678. The predicted octanol–water partition coefficient (Wildman–Crippen LogP) is 4.36. The van der Waals surface area contributed by atoms with Crippen LogP contribution in [0.25, 0.3) is 0 Å². The van der Waals surface area contributed by atoms with E-state index in [9.17, 15) is 4.79 Å². The Morgan fingerprint density at radius 3 is 2.74 bits per heavy atom. The largest absolute Gasteiger partial charge is 0.486 e. The molecule has 1 aromatic heterocycles. The van der Waals surface area contributed by atoms with Crippen LogP contribution >= 0.6 is 22.9 Å². The van der Waals surface area contributed by atoms with E-state index in [0.29, 0.717) is 22.5 Å². The van der Waals surface area contributed by atoms with E-state index in [1.807, 2.05) is 19.1 Å². The van der Waals surface area contributed by atoms with E-state index in [1.54, 1.807) is 12.1 Å². The van der Waals surface area contributed by atoms with Crippen molar-refractivity contribution in [2.45, 2.75) is 45.3 Å². The second-order valence-corrected chi connectivity index (χ2v) is 7.24. The molecule has 3 rings (SSSR count). The number of hydrogen-bond acceptors (Lipinski definition) is 4. The number of benzene rings is 1. The monoisotopic (exact) mass is 350 g/mol. The molecule has 0 spiro atoms. The fraction of sp³-hybridized carbons (Fsp3) is 0.412. The van der Waals surface area contributed by atoms with Crippen molar-refractivity contribution in [3.63, 3.8) is 0 Å². The van der Waals surface area contributed by atoms with Crippen molar-refractivity contribution in [3.8, 4) is 5.75 Å². The number of carbonyl (C=O) groups excluding carboxylic acids is 1. The van der Waals surface area contributed by atoms with Gasteiger partial charge in [0.15, 0.2) is 0 Å². The van der Waals surface area contributed by atoms with Crippen LogP contribution in [0.2, 0.25) is 5.02 Å². The summed E-state index contributed by atoms with van der Waals surface area (Å²) in [5.74, 6) is 0.726. The smallest absolute Gasteiger partial charge is 0.263 e. The first-order valence-electron chi connectivity index (χ1n) is 7.77. The van der Waals surface area contributed by atoms with Gasteiger partial charge in [0.25, 0.3) is 5.91 Å². The quantitative estimate of drug-likeness (QED) is 0.871. The van der Waals surface area contributed by atoms with E-state index >= 15 is 0 Å². The van der Waals surface area contributed by atoms with Gasteiger partial charge in [0.2, 0.25) is 0 Å². The van der Waals surface area contributed by atoms with Gasteiger partial charge in [-0.15, -0.1) is 11.3 Å². The number of rotatable bonds is 5. The molecule has 23 heavy (non-hydrogen) atoms. The van der Waals surface area contributed by atoms with Crippen molar-refractivity contribution in [2.24, 2.45) is 0 Å². The minimum Gasteiger partial charge on any atom is -0.486 e. The highest BCUT2D eigenvalue weighted by atomic mass is 35.5. The summed E-state index contributed by atoms with van der Waals surface area (Å²) in [6.07, 6.45) is 4.56. The van der Waals surface area contributed by atoms with E-state index in [0.717, 1.165) is 29.3 Å². The molecule has 1 aliphatic rings. The fourth-order valence-electron chi connectivity index (χ4n) is 2.72.